The summed E-state index contributed by atoms with van der Waals surface area (Å²) >= 11 is 10.4. The Balaban J connectivity index is 1.68. The van der Waals surface area contributed by atoms with Crippen LogP contribution in [-0.4, -0.2) is 29.9 Å². The lowest BCUT2D eigenvalue weighted by Crippen LogP contribution is -2.62. The molecule has 5 heteroatoms. The van der Waals surface area contributed by atoms with Crippen molar-refractivity contribution in [1.82, 2.24) is 10.2 Å². The van der Waals surface area contributed by atoms with Crippen LogP contribution in [0.4, 0.5) is 0 Å². The number of likely N-dealkylation sites (N-methyl/N-ethyl adjacent to an activating group) is 1. The highest BCUT2D eigenvalue weighted by atomic mass is 35.5. The summed E-state index contributed by atoms with van der Waals surface area (Å²) in [6.45, 7) is 1.11. The minimum absolute atomic E-state index is 0.0258. The average Bonchev–Trinajstić information content (AvgIpc) is 2.69. The minimum atomic E-state index is -0.0775. The largest absolute Gasteiger partial charge is 0.343 e. The van der Waals surface area contributed by atoms with E-state index in [1.54, 1.807) is 18.2 Å². The normalized spacial score (nSPS) is 26.0. The zero-order chi connectivity index (χ0) is 19.0. The molecule has 1 unspecified atom stereocenters. The van der Waals surface area contributed by atoms with Gasteiger partial charge < -0.3 is 5.32 Å². The average molecular weight is 401 g/mol. The zero-order valence-electron chi connectivity index (χ0n) is 15.5. The number of halogens is 1. The van der Waals surface area contributed by atoms with Crippen LogP contribution in [0.1, 0.15) is 47.6 Å². The van der Waals surface area contributed by atoms with E-state index in [2.05, 4.69) is 42.0 Å². The summed E-state index contributed by atoms with van der Waals surface area (Å²) in [4.78, 5) is 16.2. The molecule has 3 fully saturated rings. The summed E-state index contributed by atoms with van der Waals surface area (Å²) in [6.07, 6.45) is 4.72. The maximum Gasteiger partial charge on any atom is 0.251 e. The van der Waals surface area contributed by atoms with Crippen molar-refractivity contribution in [2.75, 3.05) is 13.6 Å². The maximum atomic E-state index is 13.1. The number of hydrogen-bond donors (Lipinski definition) is 2. The molecule has 1 saturated carbocycles. The van der Waals surface area contributed by atoms with Gasteiger partial charge in [-0.15, -0.1) is 12.6 Å². The van der Waals surface area contributed by atoms with Crippen molar-refractivity contribution in [3.05, 3.63) is 64.7 Å². The first-order valence-electron chi connectivity index (χ1n) is 9.55. The number of rotatable bonds is 4. The smallest absolute Gasteiger partial charge is 0.251 e. The Labute approximate surface area is 171 Å². The SMILES string of the molecule is CN1CC2CCC1(C(NC(=O)c1ccc(Cl)c(S)c1)c1ccccc1)CC2. The van der Waals surface area contributed by atoms with Crippen LogP contribution in [0.2, 0.25) is 5.02 Å². The van der Waals surface area contributed by atoms with Crippen LogP contribution in [0.5, 0.6) is 0 Å². The molecule has 3 nitrogen and oxygen atoms in total. The highest BCUT2D eigenvalue weighted by Gasteiger charge is 2.50. The van der Waals surface area contributed by atoms with Crippen molar-refractivity contribution in [2.45, 2.75) is 42.2 Å². The second-order valence-electron chi connectivity index (χ2n) is 7.91. The predicted octanol–water partition coefficient (Wildman–Crippen LogP) is 4.97. The first kappa shape index (κ1) is 18.9. The molecule has 2 saturated heterocycles. The van der Waals surface area contributed by atoms with Crippen molar-refractivity contribution < 1.29 is 4.79 Å². The van der Waals surface area contributed by atoms with Crippen molar-refractivity contribution in [1.29, 1.82) is 0 Å². The maximum absolute atomic E-state index is 13.1. The van der Waals surface area contributed by atoms with Gasteiger partial charge >= 0.3 is 0 Å². The summed E-state index contributed by atoms with van der Waals surface area (Å²) in [5, 5.41) is 3.91. The Morgan fingerprint density at radius 2 is 1.93 bits per heavy atom. The lowest BCUT2D eigenvalue weighted by Gasteiger charge is -2.57. The second-order valence-corrected chi connectivity index (χ2v) is 8.80. The van der Waals surface area contributed by atoms with Crippen LogP contribution in [0.15, 0.2) is 53.4 Å². The van der Waals surface area contributed by atoms with Gasteiger partial charge in [0.25, 0.3) is 5.91 Å². The standard InChI is InChI=1S/C22H25ClN2OS/c1-25-14-15-9-11-22(25,12-10-15)20(16-5-3-2-4-6-16)24-21(26)17-7-8-18(23)19(27)13-17/h2-8,13,15,20,27H,9-12,14H2,1H3,(H,24,26). The van der Waals surface area contributed by atoms with Crippen molar-refractivity contribution in [3.63, 3.8) is 0 Å². The fourth-order valence-corrected chi connectivity index (χ4v) is 5.19. The topological polar surface area (TPSA) is 32.3 Å². The Kier molecular flexibility index (Phi) is 5.23. The van der Waals surface area contributed by atoms with Crippen LogP contribution in [0, 0.1) is 5.92 Å². The number of piperidine rings is 2. The van der Waals surface area contributed by atoms with E-state index in [-0.39, 0.29) is 17.5 Å². The van der Waals surface area contributed by atoms with Crippen molar-refractivity contribution in [2.24, 2.45) is 5.92 Å². The first-order chi connectivity index (χ1) is 13.0. The molecule has 0 aromatic heterocycles. The Morgan fingerprint density at radius 3 is 2.56 bits per heavy atom. The molecule has 2 aliphatic heterocycles. The number of benzene rings is 2. The molecule has 1 atom stereocenters. The molecule has 1 aliphatic carbocycles. The minimum Gasteiger partial charge on any atom is -0.343 e. The number of fused-ring (bicyclic) bond motifs is 3. The van der Waals surface area contributed by atoms with Gasteiger partial charge in [0.1, 0.15) is 0 Å². The summed E-state index contributed by atoms with van der Waals surface area (Å²) in [7, 11) is 2.21. The molecule has 2 aromatic carbocycles. The second kappa shape index (κ2) is 7.50. The van der Waals surface area contributed by atoms with E-state index in [4.69, 9.17) is 11.6 Å². The number of thiol groups is 1. The molecule has 2 aromatic rings. The van der Waals surface area contributed by atoms with E-state index >= 15 is 0 Å². The van der Waals surface area contributed by atoms with Gasteiger partial charge in [-0.1, -0.05) is 41.9 Å². The molecule has 5 rings (SSSR count). The highest BCUT2D eigenvalue weighted by Crippen LogP contribution is 2.49. The molecule has 0 spiro atoms. The molecule has 142 valence electrons. The molecule has 2 heterocycles. The quantitative estimate of drug-likeness (QED) is 0.710. The predicted molar refractivity (Wildman–Crippen MR) is 113 cm³/mol. The van der Waals surface area contributed by atoms with E-state index in [0.29, 0.717) is 15.5 Å². The van der Waals surface area contributed by atoms with E-state index in [9.17, 15) is 4.79 Å². The van der Waals surface area contributed by atoms with Crippen LogP contribution in [0.25, 0.3) is 0 Å². The number of hydrogen-bond acceptors (Lipinski definition) is 3. The third-order valence-electron chi connectivity index (χ3n) is 6.42. The highest BCUT2D eigenvalue weighted by molar-refractivity contribution is 7.80. The third kappa shape index (κ3) is 3.51. The molecule has 1 amide bonds. The van der Waals surface area contributed by atoms with E-state index in [1.807, 2.05) is 18.2 Å². The number of nitrogens with one attached hydrogen (secondary N) is 1. The fourth-order valence-electron chi connectivity index (χ4n) is 4.86. The first-order valence-corrected chi connectivity index (χ1v) is 10.4. The number of carbonyl (C=O) groups is 1. The molecular weight excluding hydrogens is 376 g/mol. The van der Waals surface area contributed by atoms with Crippen LogP contribution in [-0.2, 0) is 0 Å². The van der Waals surface area contributed by atoms with Gasteiger partial charge in [0.2, 0.25) is 0 Å². The number of carbonyl (C=O) groups excluding carboxylic acids is 1. The van der Waals surface area contributed by atoms with E-state index in [0.717, 1.165) is 30.9 Å². The molecule has 1 N–H and O–H groups in total. The van der Waals surface area contributed by atoms with Crippen LogP contribution < -0.4 is 5.32 Å². The summed E-state index contributed by atoms with van der Waals surface area (Å²) in [5.41, 5.74) is 1.73. The Morgan fingerprint density at radius 1 is 1.22 bits per heavy atom. The Hall–Kier alpha value is -1.49. The van der Waals surface area contributed by atoms with Gasteiger partial charge in [0.15, 0.2) is 0 Å². The third-order valence-corrected chi connectivity index (χ3v) is 7.25. The van der Waals surface area contributed by atoms with Gasteiger partial charge in [-0.25, -0.2) is 0 Å². The van der Waals surface area contributed by atoms with Gasteiger partial charge in [-0.3, -0.25) is 9.69 Å². The molecular formula is C22H25ClN2OS. The number of nitrogens with zero attached hydrogens (tertiary/aromatic N) is 1. The van der Waals surface area contributed by atoms with E-state index < -0.39 is 0 Å². The lowest BCUT2D eigenvalue weighted by molar-refractivity contribution is -0.0404. The summed E-state index contributed by atoms with van der Waals surface area (Å²) in [6, 6.07) is 15.6. The molecule has 3 aliphatic rings. The summed E-state index contributed by atoms with van der Waals surface area (Å²) in [5.74, 6) is 0.721. The summed E-state index contributed by atoms with van der Waals surface area (Å²) < 4.78 is 0. The van der Waals surface area contributed by atoms with Crippen molar-refractivity contribution in [3.8, 4) is 0 Å². The monoisotopic (exact) mass is 400 g/mol. The van der Waals surface area contributed by atoms with Gasteiger partial charge in [0.05, 0.1) is 11.1 Å². The van der Waals surface area contributed by atoms with Gasteiger partial charge in [0, 0.05) is 22.5 Å². The molecule has 0 radical (unpaired) electrons. The van der Waals surface area contributed by atoms with Gasteiger partial charge in [-0.2, -0.15) is 0 Å². The van der Waals surface area contributed by atoms with Crippen molar-refractivity contribution >= 4 is 30.1 Å². The Bertz CT molecular complexity index is 833. The molecule has 2 bridgehead atoms. The van der Waals surface area contributed by atoms with E-state index in [1.165, 1.54) is 12.8 Å². The number of amides is 1. The zero-order valence-corrected chi connectivity index (χ0v) is 17.1. The molecule has 27 heavy (non-hydrogen) atoms. The van der Waals surface area contributed by atoms with Gasteiger partial charge in [-0.05, 0) is 62.4 Å². The fraction of sp³-hybridized carbons (Fsp3) is 0.409. The lowest BCUT2D eigenvalue weighted by atomic mass is 9.66. The van der Waals surface area contributed by atoms with Crippen LogP contribution in [0.3, 0.4) is 0 Å². The van der Waals surface area contributed by atoms with Crippen LogP contribution >= 0.6 is 24.2 Å².